The fraction of sp³-hybridized carbons (Fsp3) is 0.765. The first-order valence-corrected chi connectivity index (χ1v) is 9.04. The Morgan fingerprint density at radius 2 is 1.81 bits per heavy atom. The summed E-state index contributed by atoms with van der Waals surface area (Å²) in [6.07, 6.45) is 7.55. The second-order valence-corrected chi connectivity index (χ2v) is 7.90. The Bertz CT molecular complexity index is 474. The Balaban J connectivity index is 2.39. The quantitative estimate of drug-likeness (QED) is 0.786. The molecule has 4 heteroatoms. The molecule has 1 saturated carbocycles. The van der Waals surface area contributed by atoms with Crippen molar-refractivity contribution in [3.05, 3.63) is 16.0 Å². The number of rotatable bonds is 4. The molecule has 0 atom stereocenters. The smallest absolute Gasteiger partial charge is 0.144 e. The molecule has 0 amide bonds. The van der Waals surface area contributed by atoms with Gasteiger partial charge >= 0.3 is 0 Å². The molecule has 1 aromatic heterocycles. The first-order chi connectivity index (χ1) is 9.93. The maximum atomic E-state index is 4.94. The van der Waals surface area contributed by atoms with Crippen molar-refractivity contribution < 1.29 is 0 Å². The molecule has 1 aliphatic rings. The van der Waals surface area contributed by atoms with Gasteiger partial charge in [0.1, 0.15) is 11.6 Å². The van der Waals surface area contributed by atoms with Crippen LogP contribution in [0.25, 0.3) is 0 Å². The van der Waals surface area contributed by atoms with Crippen LogP contribution in [0.4, 0.5) is 5.82 Å². The van der Waals surface area contributed by atoms with Crippen molar-refractivity contribution in [2.24, 2.45) is 0 Å². The van der Waals surface area contributed by atoms with Crippen molar-refractivity contribution in [2.45, 2.75) is 77.6 Å². The first-order valence-electron chi connectivity index (χ1n) is 8.25. The van der Waals surface area contributed by atoms with Gasteiger partial charge in [-0.2, -0.15) is 0 Å². The molecule has 2 rings (SSSR count). The Kier molecular flexibility index (Phi) is 5.64. The molecule has 1 fully saturated rings. The molecule has 1 aromatic rings. The largest absolute Gasteiger partial charge is 0.369 e. The van der Waals surface area contributed by atoms with Gasteiger partial charge in [0, 0.05) is 17.9 Å². The highest BCUT2D eigenvalue weighted by atomic mass is 79.9. The molecule has 1 N–H and O–H groups in total. The van der Waals surface area contributed by atoms with Gasteiger partial charge in [0.05, 0.1) is 10.2 Å². The molecule has 0 radical (unpaired) electrons. The number of aromatic nitrogens is 2. The fourth-order valence-electron chi connectivity index (χ4n) is 2.87. The van der Waals surface area contributed by atoms with E-state index in [4.69, 9.17) is 9.97 Å². The van der Waals surface area contributed by atoms with Crippen molar-refractivity contribution in [3.8, 4) is 0 Å². The summed E-state index contributed by atoms with van der Waals surface area (Å²) in [5, 5.41) is 3.46. The van der Waals surface area contributed by atoms with Crippen LogP contribution in [-0.2, 0) is 5.41 Å². The van der Waals surface area contributed by atoms with Crippen LogP contribution in [0.5, 0.6) is 0 Å². The van der Waals surface area contributed by atoms with Crippen LogP contribution in [0, 0.1) is 0 Å². The van der Waals surface area contributed by atoms with Gasteiger partial charge < -0.3 is 5.32 Å². The Morgan fingerprint density at radius 3 is 2.38 bits per heavy atom. The second kappa shape index (κ2) is 7.08. The van der Waals surface area contributed by atoms with E-state index in [0.29, 0.717) is 5.92 Å². The number of anilines is 1. The highest BCUT2D eigenvalue weighted by molar-refractivity contribution is 9.10. The lowest BCUT2D eigenvalue weighted by molar-refractivity contribution is 0.424. The summed E-state index contributed by atoms with van der Waals surface area (Å²) in [6, 6.07) is 0. The molecule has 1 aliphatic carbocycles. The van der Waals surface area contributed by atoms with E-state index in [1.54, 1.807) is 0 Å². The normalized spacial score (nSPS) is 17.0. The lowest BCUT2D eigenvalue weighted by Crippen LogP contribution is -2.20. The third kappa shape index (κ3) is 4.18. The average Bonchev–Trinajstić information content (AvgIpc) is 2.46. The highest BCUT2D eigenvalue weighted by Crippen LogP contribution is 2.37. The van der Waals surface area contributed by atoms with Crippen LogP contribution in [0.2, 0.25) is 0 Å². The third-order valence-corrected chi connectivity index (χ3v) is 4.84. The van der Waals surface area contributed by atoms with E-state index in [2.05, 4.69) is 48.9 Å². The molecule has 3 nitrogen and oxygen atoms in total. The standard InChI is InChI=1S/C17H28BrN3/c1-5-11-19-16-13(18)14(17(2,3)4)20-15(21-16)12-9-7-6-8-10-12/h12H,5-11H2,1-4H3,(H,19,20,21). The van der Waals surface area contributed by atoms with Gasteiger partial charge in [0.15, 0.2) is 0 Å². The van der Waals surface area contributed by atoms with Gasteiger partial charge in [-0.05, 0) is 35.2 Å². The van der Waals surface area contributed by atoms with Gasteiger partial charge in [-0.15, -0.1) is 0 Å². The molecular formula is C17H28BrN3. The van der Waals surface area contributed by atoms with E-state index in [-0.39, 0.29) is 5.41 Å². The lowest BCUT2D eigenvalue weighted by atomic mass is 9.87. The molecule has 118 valence electrons. The van der Waals surface area contributed by atoms with Gasteiger partial charge in [-0.3, -0.25) is 0 Å². The monoisotopic (exact) mass is 353 g/mol. The summed E-state index contributed by atoms with van der Waals surface area (Å²) in [7, 11) is 0. The zero-order chi connectivity index (χ0) is 15.5. The molecule has 0 unspecified atom stereocenters. The van der Waals surface area contributed by atoms with Crippen LogP contribution in [0.1, 0.15) is 83.7 Å². The summed E-state index contributed by atoms with van der Waals surface area (Å²) in [5.41, 5.74) is 1.14. The minimum absolute atomic E-state index is 0.0217. The number of hydrogen-bond donors (Lipinski definition) is 1. The summed E-state index contributed by atoms with van der Waals surface area (Å²) in [4.78, 5) is 9.78. The second-order valence-electron chi connectivity index (χ2n) is 7.10. The zero-order valence-corrected chi connectivity index (χ0v) is 15.4. The van der Waals surface area contributed by atoms with Crippen LogP contribution in [0.3, 0.4) is 0 Å². The fourth-order valence-corrected chi connectivity index (χ4v) is 3.78. The molecular weight excluding hydrogens is 326 g/mol. The van der Waals surface area contributed by atoms with Crippen LogP contribution in [0.15, 0.2) is 4.47 Å². The van der Waals surface area contributed by atoms with Crippen molar-refractivity contribution in [3.63, 3.8) is 0 Å². The highest BCUT2D eigenvalue weighted by Gasteiger charge is 2.26. The van der Waals surface area contributed by atoms with E-state index in [1.165, 1.54) is 32.1 Å². The number of nitrogens with zero attached hydrogens (tertiary/aromatic N) is 2. The van der Waals surface area contributed by atoms with E-state index in [1.807, 2.05) is 0 Å². The van der Waals surface area contributed by atoms with E-state index < -0.39 is 0 Å². The van der Waals surface area contributed by atoms with E-state index in [0.717, 1.165) is 34.8 Å². The number of halogens is 1. The van der Waals surface area contributed by atoms with Gasteiger partial charge in [0.25, 0.3) is 0 Å². The Morgan fingerprint density at radius 1 is 1.14 bits per heavy atom. The molecule has 0 spiro atoms. The predicted molar refractivity (Wildman–Crippen MR) is 93.0 cm³/mol. The van der Waals surface area contributed by atoms with Crippen LogP contribution >= 0.6 is 15.9 Å². The molecule has 0 bridgehead atoms. The van der Waals surface area contributed by atoms with Crippen molar-refractivity contribution in [1.29, 1.82) is 0 Å². The summed E-state index contributed by atoms with van der Waals surface area (Å²) < 4.78 is 1.03. The zero-order valence-electron chi connectivity index (χ0n) is 13.8. The maximum Gasteiger partial charge on any atom is 0.144 e. The van der Waals surface area contributed by atoms with Crippen LogP contribution < -0.4 is 5.32 Å². The third-order valence-electron chi connectivity index (χ3n) is 4.09. The topological polar surface area (TPSA) is 37.8 Å². The van der Waals surface area contributed by atoms with Crippen molar-refractivity contribution >= 4 is 21.7 Å². The van der Waals surface area contributed by atoms with Gasteiger partial charge in [-0.1, -0.05) is 47.0 Å². The minimum Gasteiger partial charge on any atom is -0.369 e. The average molecular weight is 354 g/mol. The molecule has 0 aliphatic heterocycles. The molecule has 21 heavy (non-hydrogen) atoms. The van der Waals surface area contributed by atoms with E-state index in [9.17, 15) is 0 Å². The maximum absolute atomic E-state index is 4.94. The Hall–Kier alpha value is -0.640. The minimum atomic E-state index is 0.0217. The molecule has 1 heterocycles. The summed E-state index contributed by atoms with van der Waals surface area (Å²) in [5.74, 6) is 2.55. The first kappa shape index (κ1) is 16.7. The molecule has 0 saturated heterocycles. The predicted octanol–water partition coefficient (Wildman–Crippen LogP) is 5.41. The number of hydrogen-bond acceptors (Lipinski definition) is 3. The van der Waals surface area contributed by atoms with Gasteiger partial charge in [-0.25, -0.2) is 9.97 Å². The summed E-state index contributed by atoms with van der Waals surface area (Å²) in [6.45, 7) is 9.77. The lowest BCUT2D eigenvalue weighted by Gasteiger charge is -2.26. The molecule has 0 aromatic carbocycles. The summed E-state index contributed by atoms with van der Waals surface area (Å²) >= 11 is 3.72. The SMILES string of the molecule is CCCNc1nc(C2CCCCC2)nc(C(C)(C)C)c1Br. The van der Waals surface area contributed by atoms with Crippen LogP contribution in [-0.4, -0.2) is 16.5 Å². The van der Waals surface area contributed by atoms with Crippen molar-refractivity contribution in [2.75, 3.05) is 11.9 Å². The van der Waals surface area contributed by atoms with Crippen molar-refractivity contribution in [1.82, 2.24) is 9.97 Å². The van der Waals surface area contributed by atoms with E-state index >= 15 is 0 Å². The number of nitrogens with one attached hydrogen (secondary N) is 1. The Labute approximate surface area is 137 Å². The van der Waals surface area contributed by atoms with Gasteiger partial charge in [0.2, 0.25) is 0 Å².